The van der Waals surface area contributed by atoms with E-state index < -0.39 is 0 Å². The average Bonchev–Trinajstić information content (AvgIpc) is 3.34. The molecule has 1 aromatic heterocycles. The van der Waals surface area contributed by atoms with Crippen molar-refractivity contribution in [3.63, 3.8) is 0 Å². The summed E-state index contributed by atoms with van der Waals surface area (Å²) in [6.45, 7) is 2.72. The first-order chi connectivity index (χ1) is 13.5. The normalized spacial score (nSPS) is 18.6. The lowest BCUT2D eigenvalue weighted by Gasteiger charge is -2.29. The maximum absolute atomic E-state index is 5.57. The van der Waals surface area contributed by atoms with Crippen molar-refractivity contribution in [2.24, 2.45) is 12.0 Å². The van der Waals surface area contributed by atoms with Crippen LogP contribution in [0, 0.1) is 0 Å². The number of para-hydroxylation sites is 1. The van der Waals surface area contributed by atoms with Crippen molar-refractivity contribution in [3.05, 3.63) is 47.8 Å². The summed E-state index contributed by atoms with van der Waals surface area (Å²) in [6.07, 6.45) is 5.22. The van der Waals surface area contributed by atoms with Crippen LogP contribution in [0.2, 0.25) is 0 Å². The molecule has 0 spiro atoms. The first-order valence-electron chi connectivity index (χ1n) is 9.77. The highest BCUT2D eigenvalue weighted by atomic mass is 16.5. The molecule has 2 unspecified atom stereocenters. The zero-order valence-corrected chi connectivity index (χ0v) is 17.6. The highest BCUT2D eigenvalue weighted by Gasteiger charge is 2.27. The van der Waals surface area contributed by atoms with Crippen LogP contribution in [-0.2, 0) is 7.05 Å². The standard InChI is InChI=1S/C21H32N6O/c1-22-21(27-11-10-16(15-27)17-12-24-26(4)14-17)23-13-19(25(2)3)18-8-6-7-9-20(18)28-5/h6-9,12,14,16,19H,10-11,13,15H2,1-5H3,(H,22,23). The Morgan fingerprint density at radius 2 is 2.18 bits per heavy atom. The molecule has 7 nitrogen and oxygen atoms in total. The van der Waals surface area contributed by atoms with Crippen LogP contribution in [0.1, 0.15) is 29.5 Å². The third kappa shape index (κ3) is 4.47. The number of hydrogen-bond donors (Lipinski definition) is 1. The van der Waals surface area contributed by atoms with Crippen molar-refractivity contribution in [1.29, 1.82) is 0 Å². The number of methoxy groups -OCH3 is 1. The van der Waals surface area contributed by atoms with Gasteiger partial charge in [-0.3, -0.25) is 9.67 Å². The molecule has 0 aliphatic carbocycles. The summed E-state index contributed by atoms with van der Waals surface area (Å²) in [5.74, 6) is 2.37. The number of rotatable bonds is 6. The fourth-order valence-corrected chi connectivity index (χ4v) is 3.91. The maximum Gasteiger partial charge on any atom is 0.193 e. The van der Waals surface area contributed by atoms with Crippen molar-refractivity contribution in [3.8, 4) is 5.75 Å². The Bertz CT molecular complexity index is 800. The minimum absolute atomic E-state index is 0.185. The van der Waals surface area contributed by atoms with E-state index >= 15 is 0 Å². The number of aryl methyl sites for hydroxylation is 1. The third-order valence-corrected chi connectivity index (χ3v) is 5.47. The summed E-state index contributed by atoms with van der Waals surface area (Å²) in [4.78, 5) is 9.08. The second kappa shape index (κ2) is 9.10. The summed E-state index contributed by atoms with van der Waals surface area (Å²) in [5.41, 5.74) is 2.48. The fourth-order valence-electron chi connectivity index (χ4n) is 3.91. The molecule has 2 aromatic rings. The van der Waals surface area contributed by atoms with Gasteiger partial charge in [0.05, 0.1) is 19.3 Å². The Morgan fingerprint density at radius 3 is 2.82 bits per heavy atom. The van der Waals surface area contributed by atoms with Crippen LogP contribution in [0.25, 0.3) is 0 Å². The third-order valence-electron chi connectivity index (χ3n) is 5.47. The quantitative estimate of drug-likeness (QED) is 0.611. The molecule has 1 saturated heterocycles. The fraction of sp³-hybridized carbons (Fsp3) is 0.524. The lowest BCUT2D eigenvalue weighted by molar-refractivity contribution is 0.285. The Morgan fingerprint density at radius 1 is 1.39 bits per heavy atom. The van der Waals surface area contributed by atoms with Gasteiger partial charge in [0, 0.05) is 51.4 Å². The van der Waals surface area contributed by atoms with E-state index in [1.54, 1.807) is 7.11 Å². The molecule has 28 heavy (non-hydrogen) atoms. The number of hydrogen-bond acceptors (Lipinski definition) is 4. The zero-order valence-electron chi connectivity index (χ0n) is 17.6. The Balaban J connectivity index is 1.65. The van der Waals surface area contributed by atoms with Crippen molar-refractivity contribution < 1.29 is 4.74 Å². The van der Waals surface area contributed by atoms with Crippen molar-refractivity contribution in [1.82, 2.24) is 24.9 Å². The van der Waals surface area contributed by atoms with Crippen LogP contribution in [0.15, 0.2) is 41.7 Å². The topological polar surface area (TPSA) is 57.9 Å². The molecule has 2 atom stereocenters. The van der Waals surface area contributed by atoms with E-state index in [9.17, 15) is 0 Å². The molecular formula is C21H32N6O. The van der Waals surface area contributed by atoms with Gasteiger partial charge in [0.15, 0.2) is 5.96 Å². The monoisotopic (exact) mass is 384 g/mol. The number of aromatic nitrogens is 2. The van der Waals surface area contributed by atoms with Gasteiger partial charge >= 0.3 is 0 Å². The van der Waals surface area contributed by atoms with Crippen LogP contribution in [0.3, 0.4) is 0 Å². The molecular weight excluding hydrogens is 352 g/mol. The molecule has 1 aliphatic rings. The van der Waals surface area contributed by atoms with Gasteiger partial charge in [0.1, 0.15) is 5.75 Å². The first kappa shape index (κ1) is 20.2. The van der Waals surface area contributed by atoms with Gasteiger partial charge in [-0.2, -0.15) is 5.10 Å². The van der Waals surface area contributed by atoms with E-state index in [0.29, 0.717) is 5.92 Å². The van der Waals surface area contributed by atoms with E-state index in [2.05, 4.69) is 57.6 Å². The van der Waals surface area contributed by atoms with E-state index in [1.807, 2.05) is 37.1 Å². The SMILES string of the molecule is CN=C(NCC(c1ccccc1OC)N(C)C)N1CCC(c2cnn(C)c2)C1. The smallest absolute Gasteiger partial charge is 0.193 e. The average molecular weight is 385 g/mol. The van der Waals surface area contributed by atoms with Gasteiger partial charge in [-0.05, 0) is 32.1 Å². The van der Waals surface area contributed by atoms with Gasteiger partial charge in [0.2, 0.25) is 0 Å². The number of aliphatic imine (C=N–C) groups is 1. The summed E-state index contributed by atoms with van der Waals surface area (Å²) >= 11 is 0. The van der Waals surface area contributed by atoms with Gasteiger partial charge in [0.25, 0.3) is 0 Å². The molecule has 1 aliphatic heterocycles. The van der Waals surface area contributed by atoms with E-state index in [1.165, 1.54) is 11.1 Å². The van der Waals surface area contributed by atoms with Gasteiger partial charge < -0.3 is 19.9 Å². The number of benzene rings is 1. The lowest BCUT2D eigenvalue weighted by Crippen LogP contribution is -2.43. The molecule has 1 N–H and O–H groups in total. The Hall–Kier alpha value is -2.54. The number of guanidine groups is 1. The largest absolute Gasteiger partial charge is 0.496 e. The molecule has 1 aromatic carbocycles. The minimum atomic E-state index is 0.185. The molecule has 152 valence electrons. The summed E-state index contributed by atoms with van der Waals surface area (Å²) in [5, 5.41) is 7.89. The predicted molar refractivity (Wildman–Crippen MR) is 113 cm³/mol. The van der Waals surface area contributed by atoms with E-state index in [-0.39, 0.29) is 6.04 Å². The van der Waals surface area contributed by atoms with Crippen LogP contribution >= 0.6 is 0 Å². The zero-order chi connectivity index (χ0) is 20.1. The number of likely N-dealkylation sites (N-methyl/N-ethyl adjacent to an activating group) is 1. The number of nitrogens with one attached hydrogen (secondary N) is 1. The molecule has 2 heterocycles. The number of ether oxygens (including phenoxy) is 1. The van der Waals surface area contributed by atoms with Crippen molar-refractivity contribution in [2.75, 3.05) is 47.9 Å². The molecule has 0 bridgehead atoms. The lowest BCUT2D eigenvalue weighted by atomic mass is 10.0. The highest BCUT2D eigenvalue weighted by Crippen LogP contribution is 2.29. The second-order valence-corrected chi connectivity index (χ2v) is 7.53. The van der Waals surface area contributed by atoms with E-state index in [0.717, 1.165) is 37.8 Å². The molecule has 0 saturated carbocycles. The predicted octanol–water partition coefficient (Wildman–Crippen LogP) is 2.10. The minimum Gasteiger partial charge on any atom is -0.496 e. The number of likely N-dealkylation sites (tertiary alicyclic amines) is 1. The molecule has 3 rings (SSSR count). The first-order valence-corrected chi connectivity index (χ1v) is 9.77. The van der Waals surface area contributed by atoms with Gasteiger partial charge in [-0.1, -0.05) is 18.2 Å². The van der Waals surface area contributed by atoms with E-state index in [4.69, 9.17) is 4.74 Å². The Labute approximate surface area is 168 Å². The Kier molecular flexibility index (Phi) is 6.57. The summed E-state index contributed by atoms with van der Waals surface area (Å²) in [7, 11) is 9.73. The van der Waals surface area contributed by atoms with Crippen LogP contribution < -0.4 is 10.1 Å². The maximum atomic E-state index is 5.57. The van der Waals surface area contributed by atoms with Gasteiger partial charge in [-0.15, -0.1) is 0 Å². The molecule has 7 heteroatoms. The summed E-state index contributed by atoms with van der Waals surface area (Å²) < 4.78 is 7.45. The molecule has 0 radical (unpaired) electrons. The molecule has 0 amide bonds. The molecule has 1 fully saturated rings. The number of nitrogens with zero attached hydrogens (tertiary/aromatic N) is 5. The highest BCUT2D eigenvalue weighted by molar-refractivity contribution is 5.80. The van der Waals surface area contributed by atoms with Crippen LogP contribution in [0.4, 0.5) is 0 Å². The van der Waals surface area contributed by atoms with Crippen molar-refractivity contribution in [2.45, 2.75) is 18.4 Å². The second-order valence-electron chi connectivity index (χ2n) is 7.53. The van der Waals surface area contributed by atoms with Crippen LogP contribution in [-0.4, -0.2) is 73.4 Å². The van der Waals surface area contributed by atoms with Crippen LogP contribution in [0.5, 0.6) is 5.75 Å². The van der Waals surface area contributed by atoms with Crippen molar-refractivity contribution >= 4 is 5.96 Å². The van der Waals surface area contributed by atoms with Gasteiger partial charge in [-0.25, -0.2) is 0 Å². The summed E-state index contributed by atoms with van der Waals surface area (Å²) in [6, 6.07) is 8.39.